The lowest BCUT2D eigenvalue weighted by atomic mass is 10.0. The number of carbonyl (C=O) groups is 2. The van der Waals surface area contributed by atoms with E-state index in [2.05, 4.69) is 10.6 Å². The zero-order valence-corrected chi connectivity index (χ0v) is 16.1. The van der Waals surface area contributed by atoms with Crippen molar-refractivity contribution in [2.75, 3.05) is 19.0 Å². The van der Waals surface area contributed by atoms with Gasteiger partial charge in [-0.3, -0.25) is 9.59 Å². The average Bonchev–Trinajstić information content (AvgIpc) is 2.66. The number of nitrogens with one attached hydrogen (secondary N) is 2. The van der Waals surface area contributed by atoms with Gasteiger partial charge in [-0.25, -0.2) is 0 Å². The average molecular weight is 370 g/mol. The number of para-hydroxylation sites is 3. The second-order valence-electron chi connectivity index (χ2n) is 6.31. The smallest absolute Gasteiger partial charge is 0.255 e. The lowest BCUT2D eigenvalue weighted by molar-refractivity contribution is -0.118. The van der Waals surface area contributed by atoms with E-state index in [9.17, 15) is 9.59 Å². The van der Waals surface area contributed by atoms with E-state index >= 15 is 0 Å². The Labute approximate surface area is 159 Å². The standard InChI is InChI=1S/C21H26N2O4/c1-5-27-17-12-8-6-10-15(17)20(24)23-19(14(2)3)21(25)22-16-11-7-9-13-18(16)26-4/h6-14,19H,5H2,1-4H3,(H,22,25)(H,23,24)/t19-/m1/s1. The Bertz CT molecular complexity index is 789. The van der Waals surface area contributed by atoms with E-state index in [1.165, 1.54) is 7.11 Å². The first kappa shape index (κ1) is 20.3. The molecule has 2 N–H and O–H groups in total. The molecule has 0 spiro atoms. The molecule has 1 atom stereocenters. The van der Waals surface area contributed by atoms with Gasteiger partial charge in [0.05, 0.1) is 25.0 Å². The Balaban J connectivity index is 2.18. The van der Waals surface area contributed by atoms with E-state index in [1.807, 2.05) is 26.8 Å². The predicted molar refractivity (Wildman–Crippen MR) is 105 cm³/mol. The molecule has 0 saturated heterocycles. The van der Waals surface area contributed by atoms with Gasteiger partial charge in [-0.1, -0.05) is 38.1 Å². The zero-order valence-electron chi connectivity index (χ0n) is 16.1. The maximum atomic E-state index is 12.8. The summed E-state index contributed by atoms with van der Waals surface area (Å²) in [5.74, 6) is 0.277. The van der Waals surface area contributed by atoms with Crippen molar-refractivity contribution in [3.8, 4) is 11.5 Å². The van der Waals surface area contributed by atoms with Gasteiger partial charge in [0, 0.05) is 0 Å². The van der Waals surface area contributed by atoms with Crippen molar-refractivity contribution in [2.45, 2.75) is 26.8 Å². The number of anilines is 1. The molecule has 0 aliphatic carbocycles. The van der Waals surface area contributed by atoms with E-state index in [1.54, 1.807) is 42.5 Å². The van der Waals surface area contributed by atoms with Crippen LogP contribution in [0.2, 0.25) is 0 Å². The van der Waals surface area contributed by atoms with Crippen molar-refractivity contribution in [2.24, 2.45) is 5.92 Å². The molecule has 2 amide bonds. The Kier molecular flexibility index (Phi) is 7.23. The van der Waals surface area contributed by atoms with Crippen LogP contribution in [0.4, 0.5) is 5.69 Å². The number of amides is 2. The molecule has 0 heterocycles. The van der Waals surface area contributed by atoms with Crippen molar-refractivity contribution < 1.29 is 19.1 Å². The first-order valence-electron chi connectivity index (χ1n) is 8.94. The van der Waals surface area contributed by atoms with E-state index in [0.29, 0.717) is 29.4 Å². The highest BCUT2D eigenvalue weighted by Crippen LogP contribution is 2.24. The van der Waals surface area contributed by atoms with Gasteiger partial charge >= 0.3 is 0 Å². The summed E-state index contributed by atoms with van der Waals surface area (Å²) in [6.45, 7) is 6.06. The normalized spacial score (nSPS) is 11.6. The lowest BCUT2D eigenvalue weighted by Gasteiger charge is -2.23. The van der Waals surface area contributed by atoms with Crippen molar-refractivity contribution >= 4 is 17.5 Å². The molecule has 144 valence electrons. The van der Waals surface area contributed by atoms with Gasteiger partial charge in [0.15, 0.2) is 0 Å². The highest BCUT2D eigenvalue weighted by molar-refractivity contribution is 6.03. The first-order chi connectivity index (χ1) is 13.0. The number of ether oxygens (including phenoxy) is 2. The van der Waals surface area contributed by atoms with Crippen LogP contribution < -0.4 is 20.1 Å². The maximum Gasteiger partial charge on any atom is 0.255 e. The first-order valence-corrected chi connectivity index (χ1v) is 8.94. The molecule has 0 fully saturated rings. The van der Waals surface area contributed by atoms with Crippen molar-refractivity contribution in [3.05, 3.63) is 54.1 Å². The number of carbonyl (C=O) groups excluding carboxylic acids is 2. The zero-order chi connectivity index (χ0) is 19.8. The Hall–Kier alpha value is -3.02. The molecule has 0 saturated carbocycles. The van der Waals surface area contributed by atoms with E-state index in [4.69, 9.17) is 9.47 Å². The largest absolute Gasteiger partial charge is 0.495 e. The second-order valence-corrected chi connectivity index (χ2v) is 6.31. The monoisotopic (exact) mass is 370 g/mol. The second kappa shape index (κ2) is 9.62. The summed E-state index contributed by atoms with van der Waals surface area (Å²) in [4.78, 5) is 25.5. The third-order valence-electron chi connectivity index (χ3n) is 4.03. The summed E-state index contributed by atoms with van der Waals surface area (Å²) in [6.07, 6.45) is 0. The molecule has 0 bridgehead atoms. The highest BCUT2D eigenvalue weighted by Gasteiger charge is 2.26. The minimum atomic E-state index is -0.711. The van der Waals surface area contributed by atoms with Crippen LogP contribution in [0.25, 0.3) is 0 Å². The summed E-state index contributed by atoms with van der Waals surface area (Å²) in [6, 6.07) is 13.4. The minimum absolute atomic E-state index is 0.108. The van der Waals surface area contributed by atoms with Crippen LogP contribution in [0, 0.1) is 5.92 Å². The molecule has 2 rings (SSSR count). The highest BCUT2D eigenvalue weighted by atomic mass is 16.5. The third-order valence-corrected chi connectivity index (χ3v) is 4.03. The Morgan fingerprint density at radius 3 is 2.26 bits per heavy atom. The molecule has 2 aromatic rings. The number of hydrogen-bond donors (Lipinski definition) is 2. The lowest BCUT2D eigenvalue weighted by Crippen LogP contribution is -2.47. The number of rotatable bonds is 8. The van der Waals surface area contributed by atoms with Gasteiger partial charge in [0.1, 0.15) is 17.5 Å². The number of benzene rings is 2. The molecule has 6 nitrogen and oxygen atoms in total. The summed E-state index contributed by atoms with van der Waals surface area (Å²) in [5.41, 5.74) is 0.953. The molecule has 0 aliphatic heterocycles. The van der Waals surface area contributed by atoms with Gasteiger partial charge in [-0.05, 0) is 37.1 Å². The van der Waals surface area contributed by atoms with Gasteiger partial charge in [-0.15, -0.1) is 0 Å². The fourth-order valence-corrected chi connectivity index (χ4v) is 2.65. The Morgan fingerprint density at radius 1 is 1.00 bits per heavy atom. The van der Waals surface area contributed by atoms with Gasteiger partial charge < -0.3 is 20.1 Å². The SMILES string of the molecule is CCOc1ccccc1C(=O)N[C@@H](C(=O)Nc1ccccc1OC)C(C)C. The molecule has 0 unspecified atom stereocenters. The van der Waals surface area contributed by atoms with Crippen LogP contribution in [0.3, 0.4) is 0 Å². The van der Waals surface area contributed by atoms with Crippen molar-refractivity contribution in [1.82, 2.24) is 5.32 Å². The minimum Gasteiger partial charge on any atom is -0.495 e. The van der Waals surface area contributed by atoms with Crippen LogP contribution in [-0.2, 0) is 4.79 Å². The van der Waals surface area contributed by atoms with Crippen LogP contribution >= 0.6 is 0 Å². The van der Waals surface area contributed by atoms with Crippen LogP contribution in [0.5, 0.6) is 11.5 Å². The fraction of sp³-hybridized carbons (Fsp3) is 0.333. The quantitative estimate of drug-likeness (QED) is 0.746. The van der Waals surface area contributed by atoms with E-state index in [-0.39, 0.29) is 17.7 Å². The predicted octanol–water partition coefficient (Wildman–Crippen LogP) is 3.49. The van der Waals surface area contributed by atoms with Crippen molar-refractivity contribution in [1.29, 1.82) is 0 Å². The summed E-state index contributed by atoms with van der Waals surface area (Å²) < 4.78 is 10.8. The van der Waals surface area contributed by atoms with Gasteiger partial charge in [0.25, 0.3) is 5.91 Å². The van der Waals surface area contributed by atoms with Crippen LogP contribution in [0.1, 0.15) is 31.1 Å². The summed E-state index contributed by atoms with van der Waals surface area (Å²) in [7, 11) is 1.54. The number of methoxy groups -OCH3 is 1. The van der Waals surface area contributed by atoms with Gasteiger partial charge in [0.2, 0.25) is 5.91 Å². The summed E-state index contributed by atoms with van der Waals surface area (Å²) in [5, 5.41) is 5.65. The molecule has 0 aliphatic rings. The topological polar surface area (TPSA) is 76.7 Å². The molecular weight excluding hydrogens is 344 g/mol. The molecule has 6 heteroatoms. The van der Waals surface area contributed by atoms with Crippen LogP contribution in [-0.4, -0.2) is 31.6 Å². The third kappa shape index (κ3) is 5.23. The molecule has 2 aromatic carbocycles. The van der Waals surface area contributed by atoms with Gasteiger partial charge in [-0.2, -0.15) is 0 Å². The number of hydrogen-bond acceptors (Lipinski definition) is 4. The molecule has 0 aromatic heterocycles. The summed E-state index contributed by atoms with van der Waals surface area (Å²) >= 11 is 0. The molecule has 27 heavy (non-hydrogen) atoms. The van der Waals surface area contributed by atoms with Crippen LogP contribution in [0.15, 0.2) is 48.5 Å². The van der Waals surface area contributed by atoms with E-state index < -0.39 is 6.04 Å². The molecule has 0 radical (unpaired) electrons. The fourth-order valence-electron chi connectivity index (χ4n) is 2.65. The molecular formula is C21H26N2O4. The maximum absolute atomic E-state index is 12.8. The van der Waals surface area contributed by atoms with E-state index in [0.717, 1.165) is 0 Å². The Morgan fingerprint density at radius 2 is 1.63 bits per heavy atom. The van der Waals surface area contributed by atoms with Crippen molar-refractivity contribution in [3.63, 3.8) is 0 Å².